The van der Waals surface area contributed by atoms with Crippen molar-refractivity contribution in [3.05, 3.63) is 30.5 Å². The van der Waals surface area contributed by atoms with Crippen molar-refractivity contribution in [3.8, 4) is 11.3 Å². The van der Waals surface area contributed by atoms with Gasteiger partial charge in [0.1, 0.15) is 5.69 Å². The molecule has 104 valence electrons. The first kappa shape index (κ1) is 12.8. The maximum Gasteiger partial charge on any atom is 0.240 e. The van der Waals surface area contributed by atoms with Crippen LogP contribution in [-0.4, -0.2) is 53.3 Å². The van der Waals surface area contributed by atoms with Gasteiger partial charge in [-0.05, 0) is 19.2 Å². The fraction of sp³-hybridized carbons (Fsp3) is 0.357. The standard InChI is InChI=1S/C14H18N6/c1-19-6-8-20(9-7-19)12-4-2-11(3-5-12)13-10-16-14(15)18-17-13/h2-5,10H,6-9H2,1H3,(H2,15,16,18). The molecular weight excluding hydrogens is 252 g/mol. The van der Waals surface area contributed by atoms with E-state index in [0.29, 0.717) is 0 Å². The zero-order chi connectivity index (χ0) is 13.9. The largest absolute Gasteiger partial charge is 0.369 e. The molecule has 3 rings (SSSR count). The summed E-state index contributed by atoms with van der Waals surface area (Å²) in [5.74, 6) is 0.197. The summed E-state index contributed by atoms with van der Waals surface area (Å²) in [5.41, 5.74) is 8.43. The molecule has 20 heavy (non-hydrogen) atoms. The Morgan fingerprint density at radius 3 is 2.30 bits per heavy atom. The number of anilines is 2. The Morgan fingerprint density at radius 2 is 1.70 bits per heavy atom. The van der Waals surface area contributed by atoms with Gasteiger partial charge in [-0.15, -0.1) is 10.2 Å². The highest BCUT2D eigenvalue weighted by Gasteiger charge is 2.14. The maximum absolute atomic E-state index is 5.44. The van der Waals surface area contributed by atoms with Crippen LogP contribution < -0.4 is 10.6 Å². The van der Waals surface area contributed by atoms with Gasteiger partial charge in [0.2, 0.25) is 5.95 Å². The molecule has 0 bridgehead atoms. The van der Waals surface area contributed by atoms with Crippen LogP contribution in [0, 0.1) is 0 Å². The number of piperazine rings is 1. The van der Waals surface area contributed by atoms with E-state index in [0.717, 1.165) is 37.4 Å². The minimum atomic E-state index is 0.197. The van der Waals surface area contributed by atoms with E-state index in [2.05, 4.69) is 56.3 Å². The van der Waals surface area contributed by atoms with Crippen LogP contribution in [0.25, 0.3) is 11.3 Å². The number of hydrogen-bond donors (Lipinski definition) is 1. The van der Waals surface area contributed by atoms with Crippen LogP contribution in [0.5, 0.6) is 0 Å². The summed E-state index contributed by atoms with van der Waals surface area (Å²) in [6.07, 6.45) is 1.65. The Morgan fingerprint density at radius 1 is 1.00 bits per heavy atom. The molecule has 0 aliphatic carbocycles. The molecule has 6 nitrogen and oxygen atoms in total. The average molecular weight is 270 g/mol. The van der Waals surface area contributed by atoms with Crippen LogP contribution >= 0.6 is 0 Å². The zero-order valence-corrected chi connectivity index (χ0v) is 11.5. The Bertz CT molecular complexity index is 557. The van der Waals surface area contributed by atoms with E-state index in [4.69, 9.17) is 5.73 Å². The summed E-state index contributed by atoms with van der Waals surface area (Å²) >= 11 is 0. The number of aromatic nitrogens is 3. The first-order chi connectivity index (χ1) is 9.72. The smallest absolute Gasteiger partial charge is 0.240 e. The Labute approximate surface area is 118 Å². The lowest BCUT2D eigenvalue weighted by atomic mass is 10.1. The molecule has 2 heterocycles. The molecule has 2 N–H and O–H groups in total. The van der Waals surface area contributed by atoms with Gasteiger partial charge in [-0.25, -0.2) is 4.98 Å². The molecule has 0 saturated carbocycles. The molecule has 2 aromatic rings. The van der Waals surface area contributed by atoms with Gasteiger partial charge in [0.05, 0.1) is 6.20 Å². The second-order valence-electron chi connectivity index (χ2n) is 5.04. The van der Waals surface area contributed by atoms with Crippen LogP contribution in [0.3, 0.4) is 0 Å². The van der Waals surface area contributed by atoms with Crippen molar-refractivity contribution in [2.24, 2.45) is 0 Å². The first-order valence-corrected chi connectivity index (χ1v) is 6.71. The topological polar surface area (TPSA) is 71.2 Å². The Kier molecular flexibility index (Phi) is 3.47. The van der Waals surface area contributed by atoms with Crippen molar-refractivity contribution < 1.29 is 0 Å². The second kappa shape index (κ2) is 5.42. The third-order valence-corrected chi connectivity index (χ3v) is 3.61. The monoisotopic (exact) mass is 270 g/mol. The summed E-state index contributed by atoms with van der Waals surface area (Å²) in [5, 5.41) is 7.82. The molecule has 0 atom stereocenters. The van der Waals surface area contributed by atoms with E-state index in [1.165, 1.54) is 5.69 Å². The molecule has 6 heteroatoms. The molecule has 0 radical (unpaired) electrons. The van der Waals surface area contributed by atoms with Crippen molar-refractivity contribution in [1.82, 2.24) is 20.1 Å². The lowest BCUT2D eigenvalue weighted by Crippen LogP contribution is -2.44. The fourth-order valence-corrected chi connectivity index (χ4v) is 2.32. The molecule has 1 aliphatic rings. The van der Waals surface area contributed by atoms with Crippen LogP contribution in [0.2, 0.25) is 0 Å². The highest BCUT2D eigenvalue weighted by molar-refractivity contribution is 5.62. The molecule has 1 aromatic heterocycles. The first-order valence-electron chi connectivity index (χ1n) is 6.71. The predicted molar refractivity (Wildman–Crippen MR) is 79.4 cm³/mol. The third-order valence-electron chi connectivity index (χ3n) is 3.61. The molecule has 1 aromatic carbocycles. The fourth-order valence-electron chi connectivity index (χ4n) is 2.32. The van der Waals surface area contributed by atoms with Crippen LogP contribution in [0.15, 0.2) is 30.5 Å². The van der Waals surface area contributed by atoms with Crippen molar-refractivity contribution in [2.75, 3.05) is 43.9 Å². The predicted octanol–water partition coefficient (Wildman–Crippen LogP) is 0.873. The van der Waals surface area contributed by atoms with Crippen LogP contribution in [0.4, 0.5) is 11.6 Å². The van der Waals surface area contributed by atoms with Gasteiger partial charge >= 0.3 is 0 Å². The minimum absolute atomic E-state index is 0.197. The number of nitrogens with zero attached hydrogens (tertiary/aromatic N) is 5. The summed E-state index contributed by atoms with van der Waals surface area (Å²) in [4.78, 5) is 8.71. The number of benzene rings is 1. The zero-order valence-electron chi connectivity index (χ0n) is 11.5. The van der Waals surface area contributed by atoms with E-state index < -0.39 is 0 Å². The highest BCUT2D eigenvalue weighted by Crippen LogP contribution is 2.21. The Balaban J connectivity index is 1.76. The number of nitrogens with two attached hydrogens (primary N) is 1. The van der Waals surface area contributed by atoms with Crippen LogP contribution in [0.1, 0.15) is 0 Å². The number of hydrogen-bond acceptors (Lipinski definition) is 6. The van der Waals surface area contributed by atoms with Gasteiger partial charge in [0.15, 0.2) is 0 Å². The highest BCUT2D eigenvalue weighted by atomic mass is 15.2. The molecular formula is C14H18N6. The van der Waals surface area contributed by atoms with Gasteiger partial charge in [0.25, 0.3) is 0 Å². The number of rotatable bonds is 2. The second-order valence-corrected chi connectivity index (χ2v) is 5.04. The van der Waals surface area contributed by atoms with Crippen molar-refractivity contribution >= 4 is 11.6 Å². The molecule has 1 saturated heterocycles. The molecule has 0 unspecified atom stereocenters. The lowest BCUT2D eigenvalue weighted by molar-refractivity contribution is 0.313. The van der Waals surface area contributed by atoms with Gasteiger partial charge in [-0.2, -0.15) is 0 Å². The normalized spacial score (nSPS) is 16.4. The van der Waals surface area contributed by atoms with Crippen LogP contribution in [-0.2, 0) is 0 Å². The lowest BCUT2D eigenvalue weighted by Gasteiger charge is -2.34. The van der Waals surface area contributed by atoms with Gasteiger partial charge in [-0.3, -0.25) is 0 Å². The van der Waals surface area contributed by atoms with E-state index in [1.54, 1.807) is 6.20 Å². The SMILES string of the molecule is CN1CCN(c2ccc(-c3cnc(N)nn3)cc2)CC1. The quantitative estimate of drug-likeness (QED) is 0.873. The van der Waals surface area contributed by atoms with Gasteiger partial charge < -0.3 is 15.5 Å². The summed E-state index contributed by atoms with van der Waals surface area (Å²) in [6.45, 7) is 4.35. The van der Waals surface area contributed by atoms with Gasteiger partial charge in [0, 0.05) is 37.4 Å². The van der Waals surface area contributed by atoms with Crippen molar-refractivity contribution in [3.63, 3.8) is 0 Å². The van der Waals surface area contributed by atoms with Crippen molar-refractivity contribution in [2.45, 2.75) is 0 Å². The van der Waals surface area contributed by atoms with E-state index >= 15 is 0 Å². The minimum Gasteiger partial charge on any atom is -0.369 e. The maximum atomic E-state index is 5.44. The average Bonchev–Trinajstić information content (AvgIpc) is 2.49. The van der Waals surface area contributed by atoms with E-state index in [9.17, 15) is 0 Å². The van der Waals surface area contributed by atoms with E-state index in [-0.39, 0.29) is 5.95 Å². The summed E-state index contributed by atoms with van der Waals surface area (Å²) in [6, 6.07) is 8.35. The van der Waals surface area contributed by atoms with Crippen molar-refractivity contribution in [1.29, 1.82) is 0 Å². The number of nitrogen functional groups attached to an aromatic ring is 1. The van der Waals surface area contributed by atoms with E-state index in [1.807, 2.05) is 0 Å². The number of likely N-dealkylation sites (N-methyl/N-ethyl adjacent to an activating group) is 1. The molecule has 0 amide bonds. The third kappa shape index (κ3) is 2.70. The summed E-state index contributed by atoms with van der Waals surface area (Å²) < 4.78 is 0. The molecule has 1 aliphatic heterocycles. The van der Waals surface area contributed by atoms with Gasteiger partial charge in [-0.1, -0.05) is 12.1 Å². The summed E-state index contributed by atoms with van der Waals surface area (Å²) in [7, 11) is 2.16. The molecule has 0 spiro atoms. The Hall–Kier alpha value is -2.21. The molecule has 1 fully saturated rings.